The second-order valence-corrected chi connectivity index (χ2v) is 10.2. The molecule has 0 saturated carbocycles. The number of benzene rings is 2. The number of allylic oxidation sites excluding steroid dienone is 1. The maximum Gasteiger partial charge on any atom is 0.338 e. The first kappa shape index (κ1) is 24.3. The third-order valence-corrected chi connectivity index (χ3v) is 8.19. The molecular formula is C27H25N3O4S2. The average molecular weight is 520 g/mol. The molecule has 7 nitrogen and oxygen atoms in total. The van der Waals surface area contributed by atoms with E-state index < -0.39 is 12.0 Å². The van der Waals surface area contributed by atoms with Gasteiger partial charge in [0.25, 0.3) is 11.5 Å². The highest BCUT2D eigenvalue weighted by atomic mass is 32.2. The number of amides is 1. The van der Waals surface area contributed by atoms with Crippen LogP contribution < -0.4 is 19.8 Å². The highest BCUT2D eigenvalue weighted by Gasteiger charge is 2.36. The van der Waals surface area contributed by atoms with Gasteiger partial charge in [0.15, 0.2) is 4.80 Å². The molecule has 0 radical (unpaired) electrons. The number of thioether (sulfide) groups is 1. The number of esters is 1. The molecule has 0 N–H and O–H groups in total. The highest BCUT2D eigenvalue weighted by molar-refractivity contribution is 7.98. The lowest BCUT2D eigenvalue weighted by atomic mass is 9.96. The molecule has 2 aromatic carbocycles. The Kier molecular flexibility index (Phi) is 6.44. The summed E-state index contributed by atoms with van der Waals surface area (Å²) in [4.78, 5) is 48.4. The fourth-order valence-corrected chi connectivity index (χ4v) is 6.30. The molecule has 9 heteroatoms. The zero-order valence-electron chi connectivity index (χ0n) is 20.4. The van der Waals surface area contributed by atoms with Crippen molar-refractivity contribution in [2.75, 3.05) is 24.3 Å². The maximum atomic E-state index is 14.0. The zero-order valence-corrected chi connectivity index (χ0v) is 22.0. The summed E-state index contributed by atoms with van der Waals surface area (Å²) in [6.45, 7) is 6.11. The predicted octanol–water partition coefficient (Wildman–Crippen LogP) is 3.26. The molecule has 2 aliphatic rings. The van der Waals surface area contributed by atoms with Gasteiger partial charge in [0.05, 0.1) is 35.2 Å². The van der Waals surface area contributed by atoms with Gasteiger partial charge >= 0.3 is 5.97 Å². The molecule has 1 atom stereocenters. The molecule has 3 aromatic rings. The van der Waals surface area contributed by atoms with E-state index in [0.717, 1.165) is 21.7 Å². The highest BCUT2D eigenvalue weighted by Crippen LogP contribution is 2.35. The molecule has 0 fully saturated rings. The van der Waals surface area contributed by atoms with Crippen LogP contribution in [0.2, 0.25) is 0 Å². The van der Waals surface area contributed by atoms with E-state index in [2.05, 4.69) is 4.99 Å². The van der Waals surface area contributed by atoms with Crippen molar-refractivity contribution in [1.82, 2.24) is 4.57 Å². The van der Waals surface area contributed by atoms with Crippen molar-refractivity contribution < 1.29 is 14.3 Å². The number of hydrogen-bond donors (Lipinski definition) is 0. The van der Waals surface area contributed by atoms with E-state index in [4.69, 9.17) is 4.74 Å². The Morgan fingerprint density at radius 1 is 1.11 bits per heavy atom. The first-order valence-electron chi connectivity index (χ1n) is 11.7. The van der Waals surface area contributed by atoms with E-state index >= 15 is 0 Å². The Morgan fingerprint density at radius 2 is 1.83 bits per heavy atom. The summed E-state index contributed by atoms with van der Waals surface area (Å²) < 4.78 is 7.22. The number of ether oxygens (including phenoxy) is 1. The monoisotopic (exact) mass is 519 g/mol. The topological polar surface area (TPSA) is 81.0 Å². The lowest BCUT2D eigenvalue weighted by Crippen LogP contribution is -2.41. The molecule has 0 aliphatic carbocycles. The summed E-state index contributed by atoms with van der Waals surface area (Å²) in [6.07, 6.45) is 1.99. The molecule has 0 bridgehead atoms. The Bertz CT molecular complexity index is 1600. The van der Waals surface area contributed by atoms with E-state index in [1.54, 1.807) is 30.5 Å². The molecule has 1 aromatic heterocycles. The quantitative estimate of drug-likeness (QED) is 0.382. The number of carbonyl (C=O) groups excluding carboxylic acids is 2. The number of thiazole rings is 1. The minimum Gasteiger partial charge on any atom is -0.463 e. The molecule has 5 rings (SSSR count). The van der Waals surface area contributed by atoms with E-state index in [1.807, 2.05) is 61.7 Å². The van der Waals surface area contributed by atoms with Crippen LogP contribution in [0.3, 0.4) is 0 Å². The number of nitrogens with zero attached hydrogens (tertiary/aromatic N) is 3. The van der Waals surface area contributed by atoms with Gasteiger partial charge in [-0.2, -0.15) is 0 Å². The Labute approximate surface area is 216 Å². The number of likely N-dealkylation sites (N-methyl/N-ethyl adjacent to an activating group) is 1. The Morgan fingerprint density at radius 3 is 2.50 bits per heavy atom. The van der Waals surface area contributed by atoms with Crippen molar-refractivity contribution in [3.05, 3.63) is 90.6 Å². The van der Waals surface area contributed by atoms with Crippen LogP contribution in [-0.4, -0.2) is 35.9 Å². The van der Waals surface area contributed by atoms with Crippen LogP contribution in [0, 0.1) is 0 Å². The maximum absolute atomic E-state index is 14.0. The third-order valence-electron chi connectivity index (χ3n) is 6.39. The van der Waals surface area contributed by atoms with Crippen molar-refractivity contribution in [1.29, 1.82) is 0 Å². The molecule has 184 valence electrons. The van der Waals surface area contributed by atoms with Crippen LogP contribution in [0.4, 0.5) is 5.69 Å². The number of carbonyl (C=O) groups is 2. The fourth-order valence-electron chi connectivity index (χ4n) is 4.76. The van der Waals surface area contributed by atoms with Gasteiger partial charge in [0.1, 0.15) is 4.53 Å². The van der Waals surface area contributed by atoms with Gasteiger partial charge in [-0.3, -0.25) is 14.2 Å². The summed E-state index contributed by atoms with van der Waals surface area (Å²) in [5.41, 5.74) is 3.16. The van der Waals surface area contributed by atoms with E-state index in [9.17, 15) is 14.4 Å². The summed E-state index contributed by atoms with van der Waals surface area (Å²) >= 11 is 2.80. The van der Waals surface area contributed by atoms with Crippen LogP contribution in [0.25, 0.3) is 5.57 Å². The average Bonchev–Trinajstić information content (AvgIpc) is 3.35. The number of hydrogen-bond acceptors (Lipinski definition) is 7. The van der Waals surface area contributed by atoms with Gasteiger partial charge in [-0.1, -0.05) is 41.7 Å². The second kappa shape index (κ2) is 9.55. The standard InChI is InChI=1S/C27H25N3O4S2/c1-5-29-19-10-8-7-9-18(19)21(24(29)31)23-25(32)30-22(16-11-13-17(35-4)14-12-16)20(26(33)34-6-2)15(3)28-27(30)36-23/h7-14,22H,5-6H2,1-4H3/b23-21-. The molecule has 0 saturated heterocycles. The lowest BCUT2D eigenvalue weighted by Gasteiger charge is -2.24. The van der Waals surface area contributed by atoms with Crippen LogP contribution >= 0.6 is 23.1 Å². The lowest BCUT2D eigenvalue weighted by molar-refractivity contribution is -0.139. The number of rotatable bonds is 5. The number of fused-ring (bicyclic) bond motifs is 2. The Balaban J connectivity index is 1.81. The predicted molar refractivity (Wildman–Crippen MR) is 142 cm³/mol. The second-order valence-electron chi connectivity index (χ2n) is 8.34. The summed E-state index contributed by atoms with van der Waals surface area (Å²) in [5, 5.41) is 0. The van der Waals surface area contributed by atoms with Crippen molar-refractivity contribution >= 4 is 46.2 Å². The number of anilines is 1. The van der Waals surface area contributed by atoms with Crippen LogP contribution in [0.5, 0.6) is 0 Å². The van der Waals surface area contributed by atoms with Crippen LogP contribution in [-0.2, 0) is 14.3 Å². The van der Waals surface area contributed by atoms with Crippen molar-refractivity contribution in [3.63, 3.8) is 0 Å². The minimum absolute atomic E-state index is 0.203. The molecule has 1 amide bonds. The smallest absolute Gasteiger partial charge is 0.338 e. The summed E-state index contributed by atoms with van der Waals surface area (Å²) in [7, 11) is 0. The van der Waals surface area contributed by atoms with Crippen molar-refractivity contribution in [3.8, 4) is 0 Å². The molecule has 0 spiro atoms. The van der Waals surface area contributed by atoms with Crippen LogP contribution in [0.1, 0.15) is 37.9 Å². The summed E-state index contributed by atoms with van der Waals surface area (Å²) in [5.74, 6) is -0.707. The largest absolute Gasteiger partial charge is 0.463 e. The van der Waals surface area contributed by atoms with Gasteiger partial charge in [0.2, 0.25) is 0 Å². The van der Waals surface area contributed by atoms with Gasteiger partial charge in [-0.05, 0) is 50.8 Å². The van der Waals surface area contributed by atoms with Gasteiger partial charge in [0, 0.05) is 17.0 Å². The zero-order chi connectivity index (χ0) is 25.6. The first-order valence-corrected chi connectivity index (χ1v) is 13.7. The molecule has 1 unspecified atom stereocenters. The van der Waals surface area contributed by atoms with Gasteiger partial charge < -0.3 is 9.64 Å². The van der Waals surface area contributed by atoms with Crippen molar-refractivity contribution in [2.45, 2.75) is 31.7 Å². The van der Waals surface area contributed by atoms with E-state index in [-0.39, 0.29) is 18.1 Å². The third kappa shape index (κ3) is 3.74. The van der Waals surface area contributed by atoms with Crippen molar-refractivity contribution in [2.24, 2.45) is 4.99 Å². The van der Waals surface area contributed by atoms with E-state index in [0.29, 0.717) is 32.7 Å². The fraction of sp³-hybridized carbons (Fsp3) is 0.259. The van der Waals surface area contributed by atoms with Gasteiger partial charge in [-0.25, -0.2) is 9.79 Å². The normalized spacial score (nSPS) is 18.2. The SMILES string of the molecule is CCOC(=O)C1=C(C)N=c2s/c(=C3\C(=O)N(CC)c4ccccc43)c(=O)n2C1c1ccc(SC)cc1. The minimum atomic E-state index is -0.709. The molecule has 36 heavy (non-hydrogen) atoms. The van der Waals surface area contributed by atoms with E-state index in [1.165, 1.54) is 15.9 Å². The Hall–Kier alpha value is -3.43. The van der Waals surface area contributed by atoms with Crippen LogP contribution in [0.15, 0.2) is 74.5 Å². The number of aromatic nitrogens is 1. The first-order chi connectivity index (χ1) is 17.4. The summed E-state index contributed by atoms with van der Waals surface area (Å²) in [6, 6.07) is 14.6. The molecule has 2 aliphatic heterocycles. The molecule has 3 heterocycles. The van der Waals surface area contributed by atoms with Gasteiger partial charge in [-0.15, -0.1) is 11.8 Å². The number of para-hydroxylation sites is 1. The molecular weight excluding hydrogens is 494 g/mol.